The molecule has 2 rings (SSSR count). The molecule has 146 valence electrons. The highest BCUT2D eigenvalue weighted by molar-refractivity contribution is 5.85. The minimum absolute atomic E-state index is 0. The highest BCUT2D eigenvalue weighted by atomic mass is 35.5. The zero-order chi connectivity index (χ0) is 18.9. The maximum Gasteiger partial charge on any atom is 0.320 e. The average Bonchev–Trinajstić information content (AvgIpc) is 2.66. The fourth-order valence-corrected chi connectivity index (χ4v) is 2.99. The summed E-state index contributed by atoms with van der Waals surface area (Å²) in [6.45, 7) is 1.91. The molecule has 27 heavy (non-hydrogen) atoms. The lowest BCUT2D eigenvalue weighted by atomic mass is 9.97. The summed E-state index contributed by atoms with van der Waals surface area (Å²) in [5, 5.41) is 12.1. The summed E-state index contributed by atoms with van der Waals surface area (Å²) in [6, 6.07) is 18.7. The molecule has 1 amide bonds. The van der Waals surface area contributed by atoms with Crippen LogP contribution in [0.5, 0.6) is 0 Å². The Morgan fingerprint density at radius 1 is 1.00 bits per heavy atom. The van der Waals surface area contributed by atoms with Gasteiger partial charge in [-0.2, -0.15) is 0 Å². The summed E-state index contributed by atoms with van der Waals surface area (Å²) in [7, 11) is 1.75. The van der Waals surface area contributed by atoms with E-state index < -0.39 is 12.0 Å². The molecule has 6 heteroatoms. The van der Waals surface area contributed by atoms with Crippen molar-refractivity contribution in [2.24, 2.45) is 0 Å². The van der Waals surface area contributed by atoms with Crippen LogP contribution in [0.25, 0.3) is 0 Å². The van der Waals surface area contributed by atoms with Gasteiger partial charge in [-0.25, -0.2) is 0 Å². The minimum atomic E-state index is -0.926. The molecule has 1 atom stereocenters. The number of likely N-dealkylation sites (N-methyl/N-ethyl adjacent to an activating group) is 1. The Balaban J connectivity index is 0.00000364. The van der Waals surface area contributed by atoms with Crippen molar-refractivity contribution >= 4 is 24.3 Å². The molecule has 0 radical (unpaired) electrons. The van der Waals surface area contributed by atoms with Crippen LogP contribution in [0.3, 0.4) is 0 Å². The van der Waals surface area contributed by atoms with Gasteiger partial charge in [0, 0.05) is 7.05 Å². The molecule has 0 saturated heterocycles. The minimum Gasteiger partial charge on any atom is -0.480 e. The van der Waals surface area contributed by atoms with E-state index in [1.165, 1.54) is 0 Å². The number of carbonyl (C=O) groups excluding carboxylic acids is 1. The van der Waals surface area contributed by atoms with Crippen LogP contribution in [0.15, 0.2) is 60.7 Å². The first-order chi connectivity index (χ1) is 12.5. The smallest absolute Gasteiger partial charge is 0.320 e. The van der Waals surface area contributed by atoms with Crippen LogP contribution >= 0.6 is 12.4 Å². The number of aliphatic carboxylic acids is 1. The predicted octanol–water partition coefficient (Wildman–Crippen LogP) is 3.50. The number of carboxylic acid groups (broad SMARTS) is 1. The van der Waals surface area contributed by atoms with Crippen LogP contribution in [0.1, 0.15) is 36.9 Å². The third kappa shape index (κ3) is 6.38. The predicted molar refractivity (Wildman–Crippen MR) is 109 cm³/mol. The van der Waals surface area contributed by atoms with E-state index in [1.54, 1.807) is 11.9 Å². The van der Waals surface area contributed by atoms with Crippen molar-refractivity contribution in [1.82, 2.24) is 10.2 Å². The van der Waals surface area contributed by atoms with Gasteiger partial charge in [0.2, 0.25) is 5.91 Å². The van der Waals surface area contributed by atoms with Gasteiger partial charge in [-0.05, 0) is 17.5 Å². The van der Waals surface area contributed by atoms with E-state index in [4.69, 9.17) is 0 Å². The van der Waals surface area contributed by atoms with Gasteiger partial charge in [-0.1, -0.05) is 74.0 Å². The first-order valence-electron chi connectivity index (χ1n) is 8.86. The molecule has 2 aromatic carbocycles. The molecule has 0 bridgehead atoms. The van der Waals surface area contributed by atoms with Crippen molar-refractivity contribution < 1.29 is 14.7 Å². The van der Waals surface area contributed by atoms with Gasteiger partial charge in [-0.15, -0.1) is 12.4 Å². The normalized spacial score (nSPS) is 11.5. The van der Waals surface area contributed by atoms with Gasteiger partial charge in [0.1, 0.15) is 6.04 Å². The van der Waals surface area contributed by atoms with Crippen LogP contribution in [0, 0.1) is 0 Å². The van der Waals surface area contributed by atoms with Gasteiger partial charge >= 0.3 is 5.97 Å². The molecule has 0 heterocycles. The number of halogens is 1. The lowest BCUT2D eigenvalue weighted by Gasteiger charge is -2.30. The van der Waals surface area contributed by atoms with Crippen molar-refractivity contribution in [2.75, 3.05) is 13.6 Å². The molecule has 2 N–H and O–H groups in total. The zero-order valence-electron chi connectivity index (χ0n) is 15.7. The van der Waals surface area contributed by atoms with Gasteiger partial charge in [0.15, 0.2) is 0 Å². The maximum atomic E-state index is 12.7. The Labute approximate surface area is 166 Å². The van der Waals surface area contributed by atoms with E-state index in [0.29, 0.717) is 6.42 Å². The van der Waals surface area contributed by atoms with Crippen molar-refractivity contribution in [2.45, 2.75) is 31.8 Å². The molecule has 5 nitrogen and oxygen atoms in total. The summed E-state index contributed by atoms with van der Waals surface area (Å²) in [6.07, 6.45) is 1.23. The molecule has 0 aliphatic rings. The lowest BCUT2D eigenvalue weighted by Crippen LogP contribution is -2.44. The Morgan fingerprint density at radius 2 is 1.48 bits per heavy atom. The number of nitrogens with zero attached hydrogens (tertiary/aromatic N) is 1. The van der Waals surface area contributed by atoms with Crippen LogP contribution in [0.2, 0.25) is 0 Å². The van der Waals surface area contributed by atoms with E-state index in [0.717, 1.165) is 17.5 Å². The second-order valence-corrected chi connectivity index (χ2v) is 6.29. The van der Waals surface area contributed by atoms with Crippen molar-refractivity contribution in [1.29, 1.82) is 0 Å². The molecular formula is C21H27ClN2O3. The SMILES string of the molecule is CCCC(NCC(=O)N(C)C(c1ccccc1)c1ccccc1)C(=O)O.Cl. The van der Waals surface area contributed by atoms with E-state index in [1.807, 2.05) is 67.6 Å². The first kappa shape index (κ1) is 22.7. The number of nitrogens with one attached hydrogen (secondary N) is 1. The largest absolute Gasteiger partial charge is 0.480 e. The molecule has 0 spiro atoms. The van der Waals surface area contributed by atoms with Crippen molar-refractivity contribution in [3.8, 4) is 0 Å². The third-order valence-electron chi connectivity index (χ3n) is 4.39. The Bertz CT molecular complexity index is 670. The monoisotopic (exact) mass is 390 g/mol. The highest BCUT2D eigenvalue weighted by Gasteiger charge is 2.24. The topological polar surface area (TPSA) is 69.6 Å². The third-order valence-corrected chi connectivity index (χ3v) is 4.39. The second-order valence-electron chi connectivity index (χ2n) is 6.29. The Hall–Kier alpha value is -2.37. The van der Waals surface area contributed by atoms with Gasteiger partial charge in [0.25, 0.3) is 0 Å². The number of carboxylic acids is 1. The number of rotatable bonds is 9. The van der Waals surface area contributed by atoms with Gasteiger partial charge < -0.3 is 10.0 Å². The fourth-order valence-electron chi connectivity index (χ4n) is 2.99. The van der Waals surface area contributed by atoms with E-state index in [-0.39, 0.29) is 30.9 Å². The maximum absolute atomic E-state index is 12.7. The van der Waals surface area contributed by atoms with Crippen LogP contribution in [-0.2, 0) is 9.59 Å². The van der Waals surface area contributed by atoms with Crippen LogP contribution in [-0.4, -0.2) is 41.5 Å². The number of carbonyl (C=O) groups is 2. The summed E-state index contributed by atoms with van der Waals surface area (Å²) in [5.41, 5.74) is 2.02. The van der Waals surface area contributed by atoms with Crippen LogP contribution < -0.4 is 5.32 Å². The number of benzene rings is 2. The molecular weight excluding hydrogens is 364 g/mol. The molecule has 1 unspecified atom stereocenters. The number of amides is 1. The second kappa shape index (κ2) is 11.4. The average molecular weight is 391 g/mol. The fraction of sp³-hybridized carbons (Fsp3) is 0.333. The highest BCUT2D eigenvalue weighted by Crippen LogP contribution is 2.27. The summed E-state index contributed by atoms with van der Waals surface area (Å²) in [5.74, 6) is -1.07. The number of hydrogen-bond donors (Lipinski definition) is 2. The van der Waals surface area contributed by atoms with E-state index >= 15 is 0 Å². The summed E-state index contributed by atoms with van der Waals surface area (Å²) in [4.78, 5) is 25.7. The quantitative estimate of drug-likeness (QED) is 0.687. The van der Waals surface area contributed by atoms with E-state index in [9.17, 15) is 14.7 Å². The molecule has 0 fully saturated rings. The van der Waals surface area contributed by atoms with Gasteiger partial charge in [-0.3, -0.25) is 14.9 Å². The summed E-state index contributed by atoms with van der Waals surface area (Å²) < 4.78 is 0. The Morgan fingerprint density at radius 3 is 1.89 bits per heavy atom. The molecule has 0 saturated carbocycles. The van der Waals surface area contributed by atoms with Crippen molar-refractivity contribution in [3.63, 3.8) is 0 Å². The Kier molecular flexibility index (Phi) is 9.54. The zero-order valence-corrected chi connectivity index (χ0v) is 16.5. The molecule has 0 aliphatic carbocycles. The first-order valence-corrected chi connectivity index (χ1v) is 8.86. The number of hydrogen-bond acceptors (Lipinski definition) is 3. The van der Waals surface area contributed by atoms with Gasteiger partial charge in [0.05, 0.1) is 12.6 Å². The summed E-state index contributed by atoms with van der Waals surface area (Å²) >= 11 is 0. The molecule has 0 aliphatic heterocycles. The lowest BCUT2D eigenvalue weighted by molar-refractivity contribution is -0.140. The van der Waals surface area contributed by atoms with E-state index in [2.05, 4.69) is 5.32 Å². The van der Waals surface area contributed by atoms with Crippen molar-refractivity contribution in [3.05, 3.63) is 71.8 Å². The van der Waals surface area contributed by atoms with Crippen LogP contribution in [0.4, 0.5) is 0 Å². The molecule has 0 aromatic heterocycles. The molecule has 2 aromatic rings. The standard InChI is InChI=1S/C21H26N2O3.ClH/c1-3-10-18(21(25)26)22-15-19(24)23(2)20(16-11-6-4-7-12-16)17-13-8-5-9-14-17;/h4-9,11-14,18,20,22H,3,10,15H2,1-2H3,(H,25,26);1H.